The smallest absolute Gasteiger partial charge is 0.322 e. The van der Waals surface area contributed by atoms with Gasteiger partial charge in [-0.3, -0.25) is 33.9 Å². The molecule has 14 nitrogen and oxygen atoms in total. The lowest BCUT2D eigenvalue weighted by molar-refractivity contribution is -0.139. The molecule has 270 valence electrons. The molecule has 0 saturated heterocycles. The van der Waals surface area contributed by atoms with Crippen LogP contribution < -0.4 is 16.4 Å². The molecule has 2 heterocycles. The lowest BCUT2D eigenvalue weighted by atomic mass is 10.0. The van der Waals surface area contributed by atoms with Crippen LogP contribution in [0.2, 0.25) is 0 Å². The fourth-order valence-corrected chi connectivity index (χ4v) is 6.82. The van der Waals surface area contributed by atoms with Gasteiger partial charge in [-0.1, -0.05) is 48.5 Å². The highest BCUT2D eigenvalue weighted by atomic mass is 32.2. The van der Waals surface area contributed by atoms with E-state index in [-0.39, 0.29) is 35.7 Å². The van der Waals surface area contributed by atoms with E-state index < -0.39 is 65.4 Å². The maximum Gasteiger partial charge on any atom is 0.322 e. The highest BCUT2D eigenvalue weighted by Gasteiger charge is 2.44. The highest BCUT2D eigenvalue weighted by molar-refractivity contribution is 7.99. The summed E-state index contributed by atoms with van der Waals surface area (Å²) >= 11 is 0.957. The van der Waals surface area contributed by atoms with E-state index in [2.05, 4.69) is 10.6 Å². The number of hydrogen-bond donors (Lipinski definition) is 6. The van der Waals surface area contributed by atoms with Gasteiger partial charge in [0.15, 0.2) is 5.84 Å². The molecule has 0 bridgehead atoms. The van der Waals surface area contributed by atoms with Crippen LogP contribution in [0.4, 0.5) is 4.39 Å². The molecule has 0 fully saturated rings. The van der Waals surface area contributed by atoms with Gasteiger partial charge in [-0.05, 0) is 42.3 Å². The van der Waals surface area contributed by atoms with E-state index in [9.17, 15) is 29.1 Å². The molecule has 3 aromatic rings. The number of benzene rings is 3. The predicted molar refractivity (Wildman–Crippen MR) is 191 cm³/mol. The topological polar surface area (TPSA) is 224 Å². The number of carboxylic acid groups (broad SMARTS) is 2. The van der Waals surface area contributed by atoms with Crippen molar-refractivity contribution in [3.8, 4) is 5.75 Å². The molecular weight excluding hydrogens is 695 g/mol. The van der Waals surface area contributed by atoms with Crippen molar-refractivity contribution in [2.45, 2.75) is 42.6 Å². The van der Waals surface area contributed by atoms with Crippen LogP contribution in [0.1, 0.15) is 34.8 Å². The normalized spacial score (nSPS) is 16.8. The quantitative estimate of drug-likeness (QED) is 0.126. The summed E-state index contributed by atoms with van der Waals surface area (Å²) in [6, 6.07) is 17.6. The van der Waals surface area contributed by atoms with Gasteiger partial charge >= 0.3 is 11.9 Å². The van der Waals surface area contributed by atoms with Gasteiger partial charge in [0.1, 0.15) is 36.2 Å². The molecule has 5 rings (SSSR count). The SMILES string of the molecule is N[C@@H](CCC(=O)N[C@@H](CSC(c1ccccc1F)C1N=C2C(Cc3ccccc3)=NC(c3ccc(O)cc3)=CN2C1=O)C(=O)NCC(=O)O)C(=O)O. The van der Waals surface area contributed by atoms with Gasteiger partial charge in [0.05, 0.1) is 16.7 Å². The highest BCUT2D eigenvalue weighted by Crippen LogP contribution is 2.40. The second-order valence-corrected chi connectivity index (χ2v) is 13.1. The third-order valence-corrected chi connectivity index (χ3v) is 9.53. The standard InChI is InChI=1S/C36H35FN6O8S/c37-24-9-5-4-8-23(24)32(52-19-28(34(48)39-17-30(46)47)41-29(45)15-14-25(38)36(50)51)31-35(49)43-18-27(21-10-12-22(44)13-11-21)40-26(33(43)42-31)16-20-6-2-1-3-7-20/h1-13,18,25,28,31-32,44H,14-17,19,38H2,(H,39,48)(H,41,45)(H,46,47)(H,50,51)/t25-,28-,31?,32?/m0/s1. The number of fused-ring (bicyclic) bond motifs is 1. The molecule has 7 N–H and O–H groups in total. The van der Waals surface area contributed by atoms with Crippen molar-refractivity contribution in [3.63, 3.8) is 0 Å². The second kappa shape index (κ2) is 16.9. The zero-order valence-corrected chi connectivity index (χ0v) is 28.3. The largest absolute Gasteiger partial charge is 0.508 e. The number of amidine groups is 1. The third-order valence-electron chi connectivity index (χ3n) is 8.13. The van der Waals surface area contributed by atoms with E-state index in [4.69, 9.17) is 25.9 Å². The molecule has 16 heteroatoms. The Morgan fingerprint density at radius 2 is 1.67 bits per heavy atom. The zero-order chi connectivity index (χ0) is 37.4. The molecule has 3 aromatic carbocycles. The van der Waals surface area contributed by atoms with Gasteiger partial charge in [0.25, 0.3) is 5.91 Å². The monoisotopic (exact) mass is 730 g/mol. The predicted octanol–water partition coefficient (Wildman–Crippen LogP) is 2.49. The summed E-state index contributed by atoms with van der Waals surface area (Å²) < 4.78 is 15.5. The maximum absolute atomic E-state index is 15.5. The van der Waals surface area contributed by atoms with Crippen molar-refractivity contribution < 1.29 is 43.7 Å². The number of amides is 3. The average Bonchev–Trinajstić information content (AvgIpc) is 3.46. The number of nitrogens with two attached hydrogens (primary N) is 1. The van der Waals surface area contributed by atoms with Crippen molar-refractivity contribution in [1.82, 2.24) is 15.5 Å². The second-order valence-electron chi connectivity index (χ2n) is 11.9. The van der Waals surface area contributed by atoms with Crippen molar-refractivity contribution in [2.75, 3.05) is 12.3 Å². The fraction of sp³-hybridized carbons (Fsp3) is 0.250. The summed E-state index contributed by atoms with van der Waals surface area (Å²) in [5.41, 5.74) is 8.01. The lowest BCUT2D eigenvalue weighted by Crippen LogP contribution is -2.49. The zero-order valence-electron chi connectivity index (χ0n) is 27.5. The van der Waals surface area contributed by atoms with E-state index in [0.717, 1.165) is 17.3 Å². The summed E-state index contributed by atoms with van der Waals surface area (Å²) in [4.78, 5) is 73.5. The van der Waals surface area contributed by atoms with Gasteiger partial charge in [-0.15, -0.1) is 11.8 Å². The number of aliphatic imine (C=N–C) groups is 2. The molecule has 0 saturated carbocycles. The fourth-order valence-electron chi connectivity index (χ4n) is 5.46. The van der Waals surface area contributed by atoms with Crippen molar-refractivity contribution in [2.24, 2.45) is 15.7 Å². The van der Waals surface area contributed by atoms with Crippen LogP contribution >= 0.6 is 11.8 Å². The van der Waals surface area contributed by atoms with Crippen LogP contribution in [0.25, 0.3) is 5.70 Å². The van der Waals surface area contributed by atoms with Gasteiger partial charge in [0.2, 0.25) is 11.8 Å². The Hall–Kier alpha value is -5.87. The lowest BCUT2D eigenvalue weighted by Gasteiger charge is -2.25. The number of phenolic OH excluding ortho intramolecular Hbond substituents is 1. The van der Waals surface area contributed by atoms with Crippen LogP contribution in [0.15, 0.2) is 95.0 Å². The molecule has 0 radical (unpaired) electrons. The summed E-state index contributed by atoms with van der Waals surface area (Å²) in [6.07, 6.45) is 1.24. The number of phenols is 1. The van der Waals surface area contributed by atoms with Crippen LogP contribution in [0, 0.1) is 5.82 Å². The number of carbonyl (C=O) groups excluding carboxylic acids is 3. The van der Waals surface area contributed by atoms with Gasteiger partial charge in [0, 0.05) is 35.9 Å². The minimum absolute atomic E-state index is 0.0490. The van der Waals surface area contributed by atoms with E-state index >= 15 is 4.39 Å². The first-order valence-electron chi connectivity index (χ1n) is 16.1. The van der Waals surface area contributed by atoms with Crippen LogP contribution in [-0.4, -0.2) is 91.9 Å². The molecule has 3 amide bonds. The van der Waals surface area contributed by atoms with Crippen molar-refractivity contribution in [1.29, 1.82) is 0 Å². The summed E-state index contributed by atoms with van der Waals surface area (Å²) in [5.74, 6) is -5.34. The number of carboxylic acids is 2. The Labute approximate surface area is 301 Å². The molecule has 0 aromatic heterocycles. The summed E-state index contributed by atoms with van der Waals surface area (Å²) in [5, 5.41) is 31.7. The average molecular weight is 731 g/mol. The Kier molecular flexibility index (Phi) is 12.1. The number of nitrogens with zero attached hydrogens (tertiary/aromatic N) is 3. The Balaban J connectivity index is 1.48. The Bertz CT molecular complexity index is 1940. The van der Waals surface area contributed by atoms with Crippen LogP contribution in [0.5, 0.6) is 5.75 Å². The molecule has 4 atom stereocenters. The maximum atomic E-state index is 15.5. The van der Waals surface area contributed by atoms with Crippen molar-refractivity contribution in [3.05, 3.63) is 108 Å². The van der Waals surface area contributed by atoms with E-state index in [0.29, 0.717) is 23.4 Å². The molecule has 52 heavy (non-hydrogen) atoms. The number of hydrogen-bond acceptors (Lipinski definition) is 10. The van der Waals surface area contributed by atoms with E-state index in [1.807, 2.05) is 30.3 Å². The van der Waals surface area contributed by atoms with Gasteiger partial charge in [-0.25, -0.2) is 9.38 Å². The molecule has 0 spiro atoms. The minimum atomic E-state index is -1.37. The first-order valence-corrected chi connectivity index (χ1v) is 17.1. The van der Waals surface area contributed by atoms with Crippen molar-refractivity contribution >= 4 is 58.7 Å². The number of thioether (sulfide) groups is 1. The first kappa shape index (κ1) is 37.4. The molecule has 2 aliphatic heterocycles. The number of rotatable bonds is 16. The van der Waals surface area contributed by atoms with Crippen LogP contribution in [0.3, 0.4) is 0 Å². The third kappa shape index (κ3) is 9.26. The molecular formula is C36H35FN6O8S. The molecule has 0 aliphatic carbocycles. The first-order chi connectivity index (χ1) is 24.9. The summed E-state index contributed by atoms with van der Waals surface area (Å²) in [6.45, 7) is -0.751. The van der Waals surface area contributed by atoms with Gasteiger partial charge in [-0.2, -0.15) is 0 Å². The molecule has 2 aliphatic rings. The number of aliphatic carboxylic acids is 2. The number of halogens is 1. The Morgan fingerprint density at radius 1 is 0.981 bits per heavy atom. The molecule has 2 unspecified atom stereocenters. The number of aromatic hydroxyl groups is 1. The Morgan fingerprint density at radius 3 is 2.35 bits per heavy atom. The minimum Gasteiger partial charge on any atom is -0.508 e. The van der Waals surface area contributed by atoms with Crippen LogP contribution in [-0.2, 0) is 30.4 Å². The number of nitrogens with one attached hydrogen (secondary N) is 2. The van der Waals surface area contributed by atoms with Gasteiger partial charge < -0.3 is 31.7 Å². The summed E-state index contributed by atoms with van der Waals surface area (Å²) in [7, 11) is 0. The van der Waals surface area contributed by atoms with E-state index in [1.165, 1.54) is 41.4 Å². The number of carbonyl (C=O) groups is 5. The van der Waals surface area contributed by atoms with E-state index in [1.54, 1.807) is 18.2 Å².